The molecule has 0 unspecified atom stereocenters. The van der Waals surface area contributed by atoms with Crippen molar-refractivity contribution in [1.82, 2.24) is 19.9 Å². The van der Waals surface area contributed by atoms with E-state index >= 15 is 0 Å². The van der Waals surface area contributed by atoms with Crippen molar-refractivity contribution in [3.05, 3.63) is 41.9 Å². The lowest BCUT2D eigenvalue weighted by molar-refractivity contribution is -0.134. The average Bonchev–Trinajstić information content (AvgIpc) is 3.08. The quantitative estimate of drug-likeness (QED) is 0.860. The van der Waals surface area contributed by atoms with Crippen LogP contribution in [0.25, 0.3) is 5.57 Å². The lowest BCUT2D eigenvalue weighted by atomic mass is 10.0. The number of aromatic nitrogens is 3. The molecule has 2 amide bonds. The van der Waals surface area contributed by atoms with Crippen LogP contribution in [0.3, 0.4) is 0 Å². The molecule has 1 aliphatic heterocycles. The molecule has 0 bridgehead atoms. The number of hydrogen-bond donors (Lipinski definition) is 1. The summed E-state index contributed by atoms with van der Waals surface area (Å²) in [5.41, 5.74) is 1.91. The molecule has 2 aromatic heterocycles. The number of carbonyl (C=O) groups excluding carboxylic acids is 2. The first kappa shape index (κ1) is 15.3. The summed E-state index contributed by atoms with van der Waals surface area (Å²) < 4.78 is 0. The lowest BCUT2D eigenvalue weighted by Crippen LogP contribution is -2.36. The molecule has 1 aliphatic rings. The molecule has 0 spiro atoms. The maximum atomic E-state index is 12.2. The summed E-state index contributed by atoms with van der Waals surface area (Å²) in [7, 11) is 0. The van der Waals surface area contributed by atoms with Gasteiger partial charge < -0.3 is 10.2 Å². The molecule has 0 aromatic carbocycles. The third kappa shape index (κ3) is 3.98. The summed E-state index contributed by atoms with van der Waals surface area (Å²) in [5, 5.41) is 4.88. The van der Waals surface area contributed by atoms with Gasteiger partial charge in [-0.1, -0.05) is 6.08 Å². The predicted octanol–water partition coefficient (Wildman–Crippen LogP) is 1.58. The standard InChI is InChI=1S/C15H15N5O2S/c21-13(19-15-18-5-8-23-15)9-14(22)20-6-1-11(2-7-20)12-10-16-3-4-17-12/h1,3-5,8,10H,2,6-7,9H2,(H,18,19,21). The molecule has 118 valence electrons. The second-order valence-electron chi connectivity index (χ2n) is 4.97. The van der Waals surface area contributed by atoms with E-state index in [0.29, 0.717) is 24.6 Å². The summed E-state index contributed by atoms with van der Waals surface area (Å²) in [6.07, 6.45) is 9.09. The van der Waals surface area contributed by atoms with Gasteiger partial charge >= 0.3 is 0 Å². The van der Waals surface area contributed by atoms with Gasteiger partial charge in [-0.05, 0) is 12.0 Å². The van der Waals surface area contributed by atoms with E-state index in [1.54, 1.807) is 35.1 Å². The van der Waals surface area contributed by atoms with Crippen LogP contribution in [0.4, 0.5) is 5.13 Å². The highest BCUT2D eigenvalue weighted by Crippen LogP contribution is 2.20. The average molecular weight is 329 g/mol. The fourth-order valence-corrected chi connectivity index (χ4v) is 2.84. The number of anilines is 1. The molecule has 23 heavy (non-hydrogen) atoms. The molecule has 8 heteroatoms. The van der Waals surface area contributed by atoms with Crippen molar-refractivity contribution < 1.29 is 9.59 Å². The summed E-state index contributed by atoms with van der Waals surface area (Å²) in [6.45, 7) is 1.06. The molecule has 0 radical (unpaired) electrons. The van der Waals surface area contributed by atoms with E-state index in [-0.39, 0.29) is 18.2 Å². The van der Waals surface area contributed by atoms with Crippen molar-refractivity contribution >= 4 is 33.9 Å². The Bertz CT molecular complexity index is 715. The predicted molar refractivity (Wildman–Crippen MR) is 86.6 cm³/mol. The van der Waals surface area contributed by atoms with Crippen LogP contribution in [-0.2, 0) is 9.59 Å². The van der Waals surface area contributed by atoms with Crippen LogP contribution < -0.4 is 5.32 Å². The summed E-state index contributed by atoms with van der Waals surface area (Å²) in [4.78, 5) is 37.9. The Hall–Kier alpha value is -2.61. The lowest BCUT2D eigenvalue weighted by Gasteiger charge is -2.26. The number of hydrogen-bond acceptors (Lipinski definition) is 6. The van der Waals surface area contributed by atoms with E-state index < -0.39 is 0 Å². The summed E-state index contributed by atoms with van der Waals surface area (Å²) >= 11 is 1.32. The third-order valence-corrected chi connectivity index (χ3v) is 4.13. The van der Waals surface area contributed by atoms with Gasteiger partial charge in [-0.2, -0.15) is 0 Å². The normalized spacial score (nSPS) is 14.3. The fourth-order valence-electron chi connectivity index (χ4n) is 2.29. The van der Waals surface area contributed by atoms with Gasteiger partial charge in [0.25, 0.3) is 0 Å². The highest BCUT2D eigenvalue weighted by atomic mass is 32.1. The van der Waals surface area contributed by atoms with Crippen molar-refractivity contribution in [2.45, 2.75) is 12.8 Å². The second kappa shape index (κ2) is 7.10. The van der Waals surface area contributed by atoms with E-state index in [2.05, 4.69) is 20.3 Å². The van der Waals surface area contributed by atoms with Crippen molar-refractivity contribution in [3.8, 4) is 0 Å². The number of nitrogens with one attached hydrogen (secondary N) is 1. The summed E-state index contributed by atoms with van der Waals surface area (Å²) in [6, 6.07) is 0. The number of nitrogens with zero attached hydrogens (tertiary/aromatic N) is 4. The zero-order chi connectivity index (χ0) is 16.1. The van der Waals surface area contributed by atoms with E-state index in [0.717, 1.165) is 11.3 Å². The third-order valence-electron chi connectivity index (χ3n) is 3.44. The van der Waals surface area contributed by atoms with Gasteiger partial charge in [-0.25, -0.2) is 4.98 Å². The highest BCUT2D eigenvalue weighted by molar-refractivity contribution is 7.13. The van der Waals surface area contributed by atoms with Crippen molar-refractivity contribution in [2.24, 2.45) is 0 Å². The number of carbonyl (C=O) groups is 2. The first-order valence-electron chi connectivity index (χ1n) is 7.15. The molecule has 0 saturated heterocycles. The number of thiazole rings is 1. The molecule has 0 aliphatic carbocycles. The zero-order valence-corrected chi connectivity index (χ0v) is 13.1. The number of rotatable bonds is 4. The van der Waals surface area contributed by atoms with E-state index in [1.807, 2.05) is 6.08 Å². The Morgan fingerprint density at radius 3 is 2.83 bits per heavy atom. The summed E-state index contributed by atoms with van der Waals surface area (Å²) in [5.74, 6) is -0.526. The first-order valence-corrected chi connectivity index (χ1v) is 8.03. The van der Waals surface area contributed by atoms with E-state index in [9.17, 15) is 9.59 Å². The molecule has 1 N–H and O–H groups in total. The highest BCUT2D eigenvalue weighted by Gasteiger charge is 2.21. The Balaban J connectivity index is 1.54. The van der Waals surface area contributed by atoms with Crippen molar-refractivity contribution in [3.63, 3.8) is 0 Å². The topological polar surface area (TPSA) is 88.1 Å². The first-order chi connectivity index (χ1) is 11.2. The molecular formula is C15H15N5O2S. The van der Waals surface area contributed by atoms with Crippen LogP contribution in [-0.4, -0.2) is 44.8 Å². The zero-order valence-electron chi connectivity index (χ0n) is 12.3. The molecule has 3 rings (SSSR count). The minimum absolute atomic E-state index is 0.173. The molecule has 0 saturated carbocycles. The van der Waals surface area contributed by atoms with Crippen LogP contribution in [0.1, 0.15) is 18.5 Å². The SMILES string of the molecule is O=C(CC(=O)N1CC=C(c2cnccn2)CC1)Nc1nccs1. The van der Waals surface area contributed by atoms with Gasteiger partial charge in [0.15, 0.2) is 5.13 Å². The Morgan fingerprint density at radius 1 is 1.26 bits per heavy atom. The monoisotopic (exact) mass is 329 g/mol. The second-order valence-corrected chi connectivity index (χ2v) is 5.87. The molecule has 7 nitrogen and oxygen atoms in total. The molecule has 3 heterocycles. The van der Waals surface area contributed by atoms with Crippen LogP contribution in [0, 0.1) is 0 Å². The molecule has 2 aromatic rings. The van der Waals surface area contributed by atoms with E-state index in [1.165, 1.54) is 11.3 Å². The largest absolute Gasteiger partial charge is 0.338 e. The van der Waals surface area contributed by atoms with Gasteiger partial charge in [0.1, 0.15) is 6.42 Å². The Labute approximate surface area is 137 Å². The minimum atomic E-state index is -0.339. The van der Waals surface area contributed by atoms with Gasteiger partial charge in [0.05, 0.1) is 11.9 Å². The van der Waals surface area contributed by atoms with Crippen LogP contribution >= 0.6 is 11.3 Å². The molecule has 0 fully saturated rings. The van der Waals surface area contributed by atoms with Gasteiger partial charge in [-0.3, -0.25) is 19.6 Å². The van der Waals surface area contributed by atoms with E-state index in [4.69, 9.17) is 0 Å². The maximum Gasteiger partial charge on any atom is 0.235 e. The maximum absolute atomic E-state index is 12.2. The molecule has 0 atom stereocenters. The smallest absolute Gasteiger partial charge is 0.235 e. The molecular weight excluding hydrogens is 314 g/mol. The fraction of sp³-hybridized carbons (Fsp3) is 0.267. The van der Waals surface area contributed by atoms with Crippen molar-refractivity contribution in [1.29, 1.82) is 0 Å². The van der Waals surface area contributed by atoms with Gasteiger partial charge in [-0.15, -0.1) is 11.3 Å². The number of amides is 2. The van der Waals surface area contributed by atoms with Crippen LogP contribution in [0.15, 0.2) is 36.2 Å². The Kier molecular flexibility index (Phi) is 4.72. The van der Waals surface area contributed by atoms with Gasteiger partial charge in [0, 0.05) is 37.1 Å². The van der Waals surface area contributed by atoms with Gasteiger partial charge in [0.2, 0.25) is 11.8 Å². The van der Waals surface area contributed by atoms with Crippen LogP contribution in [0.5, 0.6) is 0 Å². The van der Waals surface area contributed by atoms with Crippen molar-refractivity contribution in [2.75, 3.05) is 18.4 Å². The minimum Gasteiger partial charge on any atom is -0.338 e. The Morgan fingerprint density at radius 2 is 2.17 bits per heavy atom. The van der Waals surface area contributed by atoms with Crippen LogP contribution in [0.2, 0.25) is 0 Å².